The van der Waals surface area contributed by atoms with Gasteiger partial charge in [0.1, 0.15) is 5.41 Å². The van der Waals surface area contributed by atoms with E-state index in [1.54, 1.807) is 6.26 Å². The number of amides is 1. The highest BCUT2D eigenvalue weighted by molar-refractivity contribution is 7.84. The first kappa shape index (κ1) is 16.1. The van der Waals surface area contributed by atoms with Crippen molar-refractivity contribution in [1.82, 2.24) is 5.32 Å². The van der Waals surface area contributed by atoms with Gasteiger partial charge in [-0.2, -0.15) is 5.26 Å². The number of carbonyl (C=O) groups excluding carboxylic acids is 1. The Balaban J connectivity index is 4.27. The lowest BCUT2D eigenvalue weighted by molar-refractivity contribution is -0.128. The van der Waals surface area contributed by atoms with Crippen molar-refractivity contribution in [2.75, 3.05) is 12.8 Å². The fraction of sp³-hybridized carbons (Fsp3) is 0.833. The van der Waals surface area contributed by atoms with E-state index in [0.29, 0.717) is 25.8 Å². The van der Waals surface area contributed by atoms with Crippen molar-refractivity contribution in [1.29, 1.82) is 5.26 Å². The number of hydrogen-bond acceptors (Lipinski definition) is 3. The summed E-state index contributed by atoms with van der Waals surface area (Å²) in [7, 11) is -0.868. The van der Waals surface area contributed by atoms with Crippen molar-refractivity contribution in [3.63, 3.8) is 0 Å². The highest BCUT2D eigenvalue weighted by Crippen LogP contribution is 2.25. The SMILES string of the molecule is CCC(C#N)(CC)C(=O)NCCC(C)S(C)=O. The molecule has 0 bridgehead atoms. The Morgan fingerprint density at radius 1 is 1.47 bits per heavy atom. The fourth-order valence-corrected chi connectivity index (χ4v) is 1.95. The lowest BCUT2D eigenvalue weighted by atomic mass is 9.83. The summed E-state index contributed by atoms with van der Waals surface area (Å²) < 4.78 is 11.1. The van der Waals surface area contributed by atoms with Crippen LogP contribution in [0.5, 0.6) is 0 Å². The van der Waals surface area contributed by atoms with Gasteiger partial charge in [0.25, 0.3) is 0 Å². The molecule has 0 spiro atoms. The molecule has 98 valence electrons. The van der Waals surface area contributed by atoms with E-state index in [9.17, 15) is 9.00 Å². The zero-order chi connectivity index (χ0) is 13.5. The van der Waals surface area contributed by atoms with Crippen LogP contribution in [0.4, 0.5) is 0 Å². The van der Waals surface area contributed by atoms with Crippen LogP contribution >= 0.6 is 0 Å². The predicted molar refractivity (Wildman–Crippen MR) is 69.8 cm³/mol. The Hall–Kier alpha value is -0.890. The maximum absolute atomic E-state index is 11.9. The van der Waals surface area contributed by atoms with Crippen LogP contribution in [0.2, 0.25) is 0 Å². The van der Waals surface area contributed by atoms with Crippen molar-refractivity contribution in [2.45, 2.75) is 45.3 Å². The summed E-state index contributed by atoms with van der Waals surface area (Å²) in [5.41, 5.74) is -0.908. The lowest BCUT2D eigenvalue weighted by Gasteiger charge is -2.22. The molecule has 0 aromatic carbocycles. The summed E-state index contributed by atoms with van der Waals surface area (Å²) in [4.78, 5) is 11.9. The van der Waals surface area contributed by atoms with Crippen molar-refractivity contribution in [2.24, 2.45) is 5.41 Å². The lowest BCUT2D eigenvalue weighted by Crippen LogP contribution is -2.40. The molecule has 0 aliphatic heterocycles. The van der Waals surface area contributed by atoms with E-state index >= 15 is 0 Å². The van der Waals surface area contributed by atoms with Crippen LogP contribution in [-0.4, -0.2) is 28.2 Å². The van der Waals surface area contributed by atoms with Gasteiger partial charge in [0.2, 0.25) is 5.91 Å². The third-order valence-corrected chi connectivity index (χ3v) is 4.63. The summed E-state index contributed by atoms with van der Waals surface area (Å²) in [6.07, 6.45) is 3.36. The Labute approximate surface area is 106 Å². The molecule has 0 saturated carbocycles. The van der Waals surface area contributed by atoms with Crippen molar-refractivity contribution in [3.8, 4) is 6.07 Å². The van der Waals surface area contributed by atoms with Crippen LogP contribution in [-0.2, 0) is 15.6 Å². The molecule has 5 heteroatoms. The first-order valence-electron chi connectivity index (χ1n) is 5.95. The molecular formula is C12H22N2O2S. The molecule has 0 aliphatic rings. The van der Waals surface area contributed by atoms with Gasteiger partial charge in [0, 0.05) is 28.9 Å². The van der Waals surface area contributed by atoms with E-state index in [0.717, 1.165) is 0 Å². The minimum absolute atomic E-state index is 0.0649. The largest absolute Gasteiger partial charge is 0.355 e. The van der Waals surface area contributed by atoms with Crippen molar-refractivity contribution < 1.29 is 9.00 Å². The van der Waals surface area contributed by atoms with Gasteiger partial charge in [0.15, 0.2) is 0 Å². The highest BCUT2D eigenvalue weighted by atomic mass is 32.2. The van der Waals surface area contributed by atoms with E-state index < -0.39 is 16.2 Å². The maximum atomic E-state index is 11.9. The average molecular weight is 258 g/mol. The Kier molecular flexibility index (Phi) is 7.05. The molecule has 2 unspecified atom stereocenters. The first-order chi connectivity index (χ1) is 7.93. The first-order valence-corrected chi connectivity index (χ1v) is 7.57. The number of hydrogen-bond donors (Lipinski definition) is 1. The number of nitrogens with one attached hydrogen (secondary N) is 1. The summed E-state index contributed by atoms with van der Waals surface area (Å²) in [5.74, 6) is -0.209. The molecular weight excluding hydrogens is 236 g/mol. The molecule has 17 heavy (non-hydrogen) atoms. The van der Waals surface area contributed by atoms with Crippen molar-refractivity contribution in [3.05, 3.63) is 0 Å². The van der Waals surface area contributed by atoms with Crippen LogP contribution in [0.3, 0.4) is 0 Å². The van der Waals surface area contributed by atoms with Crippen LogP contribution in [0.1, 0.15) is 40.0 Å². The summed E-state index contributed by atoms with van der Waals surface area (Å²) in [6, 6.07) is 2.10. The third-order valence-electron chi connectivity index (χ3n) is 3.26. The van der Waals surface area contributed by atoms with E-state index in [1.165, 1.54) is 0 Å². The summed E-state index contributed by atoms with van der Waals surface area (Å²) >= 11 is 0. The Morgan fingerprint density at radius 2 is 2.00 bits per heavy atom. The second-order valence-corrected chi connectivity index (χ2v) is 6.06. The molecule has 0 aliphatic carbocycles. The monoisotopic (exact) mass is 258 g/mol. The number of nitrogens with zero attached hydrogens (tertiary/aromatic N) is 1. The summed E-state index contributed by atoms with van der Waals surface area (Å²) in [6.45, 7) is 6.05. The zero-order valence-electron chi connectivity index (χ0n) is 11.1. The van der Waals surface area contributed by atoms with E-state index in [2.05, 4.69) is 11.4 Å². The normalized spacial score (nSPS) is 14.8. The van der Waals surface area contributed by atoms with Crippen LogP contribution in [0, 0.1) is 16.7 Å². The molecule has 0 rings (SSSR count). The van der Waals surface area contributed by atoms with Gasteiger partial charge < -0.3 is 5.32 Å². The van der Waals surface area contributed by atoms with Crippen LogP contribution < -0.4 is 5.32 Å². The van der Waals surface area contributed by atoms with Gasteiger partial charge in [0.05, 0.1) is 6.07 Å². The molecule has 1 amide bonds. The van der Waals surface area contributed by atoms with Crippen LogP contribution in [0.15, 0.2) is 0 Å². The number of nitriles is 1. The van der Waals surface area contributed by atoms with Gasteiger partial charge >= 0.3 is 0 Å². The van der Waals surface area contributed by atoms with E-state index in [4.69, 9.17) is 5.26 Å². The molecule has 1 N–H and O–H groups in total. The number of rotatable bonds is 7. The van der Waals surface area contributed by atoms with Gasteiger partial charge in [-0.25, -0.2) is 0 Å². The molecule has 0 fully saturated rings. The van der Waals surface area contributed by atoms with E-state index in [1.807, 2.05) is 20.8 Å². The second-order valence-electron chi connectivity index (χ2n) is 4.25. The van der Waals surface area contributed by atoms with E-state index in [-0.39, 0.29) is 11.2 Å². The molecule has 0 aromatic heterocycles. The smallest absolute Gasteiger partial charge is 0.240 e. The van der Waals surface area contributed by atoms with Crippen LogP contribution in [0.25, 0.3) is 0 Å². The topological polar surface area (TPSA) is 70.0 Å². The zero-order valence-corrected chi connectivity index (χ0v) is 11.9. The second kappa shape index (κ2) is 7.44. The molecule has 2 atom stereocenters. The van der Waals surface area contributed by atoms with Gasteiger partial charge in [-0.3, -0.25) is 9.00 Å². The average Bonchev–Trinajstić information content (AvgIpc) is 2.31. The quantitative estimate of drug-likeness (QED) is 0.754. The van der Waals surface area contributed by atoms with Gasteiger partial charge in [-0.1, -0.05) is 20.8 Å². The maximum Gasteiger partial charge on any atom is 0.240 e. The highest BCUT2D eigenvalue weighted by Gasteiger charge is 2.34. The predicted octanol–water partition coefficient (Wildman–Crippen LogP) is 1.59. The molecule has 0 saturated heterocycles. The van der Waals surface area contributed by atoms with Crippen molar-refractivity contribution >= 4 is 16.7 Å². The fourth-order valence-electron chi connectivity index (χ4n) is 1.50. The Morgan fingerprint density at radius 3 is 2.35 bits per heavy atom. The molecule has 0 radical (unpaired) electrons. The minimum Gasteiger partial charge on any atom is -0.355 e. The third kappa shape index (κ3) is 4.47. The number of carbonyl (C=O) groups is 1. The minimum atomic E-state index is -0.908. The summed E-state index contributed by atoms with van der Waals surface area (Å²) in [5, 5.41) is 11.9. The Bertz CT molecular complexity index is 319. The molecule has 4 nitrogen and oxygen atoms in total. The standard InChI is InChI=1S/C12H22N2O2S/c1-5-12(6-2,9-13)11(15)14-8-7-10(3)17(4)16/h10H,5-8H2,1-4H3,(H,14,15). The molecule has 0 heterocycles. The van der Waals surface area contributed by atoms with Gasteiger partial charge in [-0.05, 0) is 19.3 Å². The van der Waals surface area contributed by atoms with Gasteiger partial charge in [-0.15, -0.1) is 0 Å². The molecule has 0 aromatic rings.